The Kier molecular flexibility index (Phi) is 5.83. The van der Waals surface area contributed by atoms with Crippen molar-refractivity contribution < 1.29 is 18.0 Å². The second kappa shape index (κ2) is 8.92. The lowest BCUT2D eigenvalue weighted by Gasteiger charge is -2.34. The van der Waals surface area contributed by atoms with Crippen LogP contribution in [-0.4, -0.2) is 62.8 Å². The number of ketones is 1. The molecule has 190 valence electrons. The van der Waals surface area contributed by atoms with E-state index in [2.05, 4.69) is 20.4 Å². The molecule has 10 heteroatoms. The van der Waals surface area contributed by atoms with Crippen molar-refractivity contribution in [2.75, 3.05) is 26.2 Å². The molecule has 1 saturated heterocycles. The molecule has 36 heavy (non-hydrogen) atoms. The number of aromatic nitrogens is 4. The summed E-state index contributed by atoms with van der Waals surface area (Å²) in [5, 5.41) is 9.73. The Morgan fingerprint density at radius 3 is 2.58 bits per heavy atom. The zero-order valence-corrected chi connectivity index (χ0v) is 20.0. The van der Waals surface area contributed by atoms with Crippen molar-refractivity contribution in [3.8, 4) is 11.3 Å². The van der Waals surface area contributed by atoms with E-state index in [1.165, 1.54) is 0 Å². The van der Waals surface area contributed by atoms with Crippen LogP contribution in [0.25, 0.3) is 22.0 Å². The molecule has 0 atom stereocenters. The largest absolute Gasteiger partial charge is 0.395 e. The molecule has 3 aromatic rings. The van der Waals surface area contributed by atoms with E-state index in [1.54, 1.807) is 12.4 Å². The molecule has 1 N–H and O–H groups in total. The lowest BCUT2D eigenvalue weighted by Crippen LogP contribution is -2.43. The Balaban J connectivity index is 1.11. The standard InChI is InChI=1S/C26H29F3N6O/c27-26(28,29)25(3-4-25)16-34-6-1-17(2-7-34)24(36)11-20-9-18-10-22(32-13-19(18)12-31-20)21-14-33-35-8-5-30-15-23(21)35/h9-10,12-14,17,30H,1-8,11,15-16H2. The van der Waals surface area contributed by atoms with E-state index in [0.29, 0.717) is 31.6 Å². The summed E-state index contributed by atoms with van der Waals surface area (Å²) < 4.78 is 41.9. The molecule has 6 rings (SSSR count). The van der Waals surface area contributed by atoms with Crippen LogP contribution in [0.3, 0.4) is 0 Å². The summed E-state index contributed by atoms with van der Waals surface area (Å²) in [6.45, 7) is 3.63. The number of nitrogens with zero attached hydrogens (tertiary/aromatic N) is 5. The highest BCUT2D eigenvalue weighted by atomic mass is 19.4. The van der Waals surface area contributed by atoms with Crippen LogP contribution in [-0.2, 0) is 24.3 Å². The van der Waals surface area contributed by atoms with Gasteiger partial charge in [0.15, 0.2) is 0 Å². The summed E-state index contributed by atoms with van der Waals surface area (Å²) in [5.41, 5.74) is 2.16. The van der Waals surface area contributed by atoms with E-state index in [1.807, 2.05) is 27.9 Å². The van der Waals surface area contributed by atoms with Crippen LogP contribution in [0.5, 0.6) is 0 Å². The third-order valence-corrected chi connectivity index (χ3v) is 8.06. The van der Waals surface area contributed by atoms with Crippen LogP contribution < -0.4 is 5.32 Å². The first-order valence-corrected chi connectivity index (χ1v) is 12.6. The number of pyridine rings is 2. The first kappa shape index (κ1) is 23.5. The lowest BCUT2D eigenvalue weighted by molar-refractivity contribution is -0.192. The van der Waals surface area contributed by atoms with Gasteiger partial charge >= 0.3 is 6.18 Å². The fourth-order valence-corrected chi connectivity index (χ4v) is 5.57. The average Bonchev–Trinajstić information content (AvgIpc) is 3.54. The number of hydrogen-bond donors (Lipinski definition) is 1. The number of halogens is 3. The van der Waals surface area contributed by atoms with Gasteiger partial charge in [0.2, 0.25) is 0 Å². The fraction of sp³-hybridized carbons (Fsp3) is 0.538. The van der Waals surface area contributed by atoms with Gasteiger partial charge in [0.25, 0.3) is 0 Å². The molecular formula is C26H29F3N6O. The quantitative estimate of drug-likeness (QED) is 0.558. The predicted molar refractivity (Wildman–Crippen MR) is 128 cm³/mol. The second-order valence-electron chi connectivity index (χ2n) is 10.5. The van der Waals surface area contributed by atoms with E-state index >= 15 is 0 Å². The molecule has 2 fully saturated rings. The zero-order valence-electron chi connectivity index (χ0n) is 20.0. The topological polar surface area (TPSA) is 75.9 Å². The highest BCUT2D eigenvalue weighted by Crippen LogP contribution is 2.58. The molecule has 5 heterocycles. The Morgan fingerprint density at radius 1 is 1.06 bits per heavy atom. The highest BCUT2D eigenvalue weighted by molar-refractivity contribution is 5.87. The number of rotatable bonds is 6. The molecule has 3 aliphatic rings. The van der Waals surface area contributed by atoms with Crippen LogP contribution in [0.2, 0.25) is 0 Å². The minimum atomic E-state index is -4.13. The fourth-order valence-electron chi connectivity index (χ4n) is 5.57. The van der Waals surface area contributed by atoms with Crippen LogP contribution in [0, 0.1) is 11.3 Å². The van der Waals surface area contributed by atoms with E-state index in [4.69, 9.17) is 0 Å². The number of nitrogens with one attached hydrogen (secondary N) is 1. The second-order valence-corrected chi connectivity index (χ2v) is 10.5. The summed E-state index contributed by atoms with van der Waals surface area (Å²) in [4.78, 5) is 24.0. The first-order chi connectivity index (χ1) is 17.3. The average molecular weight is 499 g/mol. The number of alkyl halides is 3. The molecule has 1 aliphatic carbocycles. The van der Waals surface area contributed by atoms with E-state index in [-0.39, 0.29) is 37.5 Å². The van der Waals surface area contributed by atoms with Crippen molar-refractivity contribution in [3.63, 3.8) is 0 Å². The normalized spacial score (nSPS) is 20.4. The molecule has 7 nitrogen and oxygen atoms in total. The number of carbonyl (C=O) groups is 1. The van der Waals surface area contributed by atoms with E-state index in [9.17, 15) is 18.0 Å². The van der Waals surface area contributed by atoms with Gasteiger partial charge in [0.1, 0.15) is 5.78 Å². The SMILES string of the molecule is O=C(Cc1cc2cc(-c3cnn4c3CNCC4)ncc2cn1)C1CCN(CC2(C(F)(F)F)CC2)CC1. The summed E-state index contributed by atoms with van der Waals surface area (Å²) in [5.74, 6) is -0.0104. The predicted octanol–water partition coefficient (Wildman–Crippen LogP) is 3.76. The molecule has 2 aliphatic heterocycles. The Morgan fingerprint density at radius 2 is 1.83 bits per heavy atom. The van der Waals surface area contributed by atoms with Crippen LogP contribution in [0.4, 0.5) is 13.2 Å². The first-order valence-electron chi connectivity index (χ1n) is 12.6. The summed E-state index contributed by atoms with van der Waals surface area (Å²) >= 11 is 0. The van der Waals surface area contributed by atoms with Crippen molar-refractivity contribution in [1.29, 1.82) is 0 Å². The zero-order chi connectivity index (χ0) is 24.9. The van der Waals surface area contributed by atoms with Crippen LogP contribution >= 0.6 is 0 Å². The molecule has 0 spiro atoms. The van der Waals surface area contributed by atoms with Crippen molar-refractivity contribution in [1.82, 2.24) is 30.0 Å². The number of hydrogen-bond acceptors (Lipinski definition) is 6. The Hall–Kier alpha value is -2.85. The van der Waals surface area contributed by atoms with Crippen molar-refractivity contribution >= 4 is 16.6 Å². The summed E-state index contributed by atoms with van der Waals surface area (Å²) in [6.07, 6.45) is 3.16. The monoisotopic (exact) mass is 498 g/mol. The lowest BCUT2D eigenvalue weighted by atomic mass is 9.89. The Bertz CT molecular complexity index is 1290. The summed E-state index contributed by atoms with van der Waals surface area (Å²) in [6, 6.07) is 3.96. The maximum Gasteiger partial charge on any atom is 0.395 e. The van der Waals surface area contributed by atoms with Gasteiger partial charge < -0.3 is 10.2 Å². The van der Waals surface area contributed by atoms with Gasteiger partial charge in [-0.2, -0.15) is 18.3 Å². The molecular weight excluding hydrogens is 469 g/mol. The number of fused-ring (bicyclic) bond motifs is 2. The highest BCUT2D eigenvalue weighted by Gasteiger charge is 2.63. The molecule has 3 aromatic heterocycles. The van der Waals surface area contributed by atoms with Crippen LogP contribution in [0.1, 0.15) is 37.1 Å². The summed E-state index contributed by atoms with van der Waals surface area (Å²) in [7, 11) is 0. The van der Waals surface area contributed by atoms with Gasteiger partial charge in [0, 0.05) is 61.0 Å². The van der Waals surface area contributed by atoms with Crippen molar-refractivity contribution in [3.05, 3.63) is 42.1 Å². The molecule has 0 bridgehead atoms. The van der Waals surface area contributed by atoms with Crippen molar-refractivity contribution in [2.24, 2.45) is 11.3 Å². The van der Waals surface area contributed by atoms with Crippen LogP contribution in [0.15, 0.2) is 30.7 Å². The minimum absolute atomic E-state index is 0.0662. The minimum Gasteiger partial charge on any atom is -0.309 e. The third-order valence-electron chi connectivity index (χ3n) is 8.06. The maximum absolute atomic E-state index is 13.3. The van der Waals surface area contributed by atoms with Gasteiger partial charge in [-0.3, -0.25) is 19.4 Å². The van der Waals surface area contributed by atoms with Gasteiger partial charge in [-0.15, -0.1) is 0 Å². The number of carbonyl (C=O) groups excluding carboxylic acids is 1. The van der Waals surface area contributed by atoms with E-state index < -0.39 is 11.6 Å². The molecule has 0 unspecified atom stereocenters. The third kappa shape index (κ3) is 4.41. The van der Waals surface area contributed by atoms with Crippen molar-refractivity contribution in [2.45, 2.75) is 51.4 Å². The Labute approximate surface area is 207 Å². The molecule has 0 radical (unpaired) electrons. The van der Waals surface area contributed by atoms with E-state index in [0.717, 1.165) is 47.4 Å². The maximum atomic E-state index is 13.3. The van der Waals surface area contributed by atoms with Gasteiger partial charge in [0.05, 0.1) is 29.5 Å². The molecule has 1 saturated carbocycles. The number of piperidine rings is 1. The molecule has 0 amide bonds. The van der Waals surface area contributed by atoms with Gasteiger partial charge in [-0.05, 0) is 56.3 Å². The number of Topliss-reactive ketones (excluding diaryl/α,β-unsaturated/α-hetero) is 1. The number of likely N-dealkylation sites (tertiary alicyclic amines) is 1. The van der Waals surface area contributed by atoms with Gasteiger partial charge in [-0.25, -0.2) is 0 Å². The molecule has 0 aromatic carbocycles. The smallest absolute Gasteiger partial charge is 0.309 e. The van der Waals surface area contributed by atoms with Gasteiger partial charge in [-0.1, -0.05) is 0 Å².